The van der Waals surface area contributed by atoms with Gasteiger partial charge in [0.25, 0.3) is 0 Å². The third-order valence-corrected chi connectivity index (χ3v) is 20.5. The third kappa shape index (κ3) is 9.98. The smallest absolute Gasteiger partial charge is 0.247 e. The van der Waals surface area contributed by atoms with Crippen molar-refractivity contribution in [1.82, 2.24) is 9.13 Å². The van der Waals surface area contributed by atoms with Crippen LogP contribution in [0, 0.1) is 0 Å². The summed E-state index contributed by atoms with van der Waals surface area (Å²) in [7, 11) is 0. The molecule has 0 bridgehead atoms. The zero-order valence-electron chi connectivity index (χ0n) is 59.1. The minimum absolute atomic E-state index is 0.0580. The van der Waals surface area contributed by atoms with Gasteiger partial charge in [-0.25, -0.2) is 0 Å². The van der Waals surface area contributed by atoms with Crippen LogP contribution in [0.5, 0.6) is 0 Å². The number of aromatic nitrogens is 2. The normalized spacial score (nSPS) is 14.2. The van der Waals surface area contributed by atoms with Crippen molar-refractivity contribution in [1.29, 1.82) is 0 Å². The summed E-state index contributed by atoms with van der Waals surface area (Å²) >= 11 is 0. The predicted molar refractivity (Wildman–Crippen MR) is 398 cm³/mol. The average Bonchev–Trinajstić information content (AvgIpc) is 1.45. The lowest BCUT2D eigenvalue weighted by Crippen LogP contribution is -2.63. The standard InChI is InChI=1S/C86H98B2N2/c1-79(2,3)55-36-38-72-60(42-55)61-40-54(52-33-29-26-30-34-52)41-69-77(61)90(72)73-50-68-74(49-67(73)87(69)75-63(83(13,14)15)44-57(81(7,8)9)45-64(75)84(16,17)18)89-71-37-35-53(51-31-27-25-28-32-51)39-59(71)62-43-56(80(4,5)6)48-70(78(62)89)88(68)76-65(85(19,20)21)46-58(82(10,11)12)47-66(76)86(22,23)24/h25-50H,1-24H3. The summed E-state index contributed by atoms with van der Waals surface area (Å²) < 4.78 is 5.49. The first-order valence-corrected chi connectivity index (χ1v) is 33.6. The molecule has 0 aliphatic carbocycles. The fraction of sp³-hybridized carbons (Fsp3) is 0.372. The number of hydrogen-bond donors (Lipinski definition) is 0. The molecule has 4 heterocycles. The molecule has 2 nitrogen and oxygen atoms in total. The molecule has 0 saturated carbocycles. The minimum atomic E-state index is -0.202. The highest BCUT2D eigenvalue weighted by atomic mass is 15.0. The maximum atomic E-state index is 2.75. The Morgan fingerprint density at radius 1 is 0.244 bits per heavy atom. The summed E-state index contributed by atoms with van der Waals surface area (Å²) in [6.07, 6.45) is 0. The monoisotopic (exact) mass is 1180 g/mol. The zero-order valence-corrected chi connectivity index (χ0v) is 59.1. The Labute approximate surface area is 541 Å². The molecule has 0 atom stereocenters. The van der Waals surface area contributed by atoms with Gasteiger partial charge in [0, 0.05) is 44.0 Å². The van der Waals surface area contributed by atoms with Crippen LogP contribution in [-0.2, 0) is 43.3 Å². The third-order valence-electron chi connectivity index (χ3n) is 20.5. The molecule has 0 radical (unpaired) electrons. The summed E-state index contributed by atoms with van der Waals surface area (Å²) in [6.45, 7) is 58.1. The molecule has 0 amide bonds. The van der Waals surface area contributed by atoms with E-state index in [4.69, 9.17) is 0 Å². The van der Waals surface area contributed by atoms with Gasteiger partial charge in [-0.15, -0.1) is 0 Å². The van der Waals surface area contributed by atoms with Crippen molar-refractivity contribution in [3.05, 3.63) is 202 Å². The minimum Gasteiger partial charge on any atom is -0.310 e. The van der Waals surface area contributed by atoms with E-state index in [0.717, 1.165) is 0 Å². The molecular formula is C86H98B2N2. The lowest BCUT2D eigenvalue weighted by atomic mass is 9.30. The summed E-state index contributed by atoms with van der Waals surface area (Å²) in [6, 6.07) is 63.4. The van der Waals surface area contributed by atoms with Gasteiger partial charge in [-0.3, -0.25) is 0 Å². The topological polar surface area (TPSA) is 9.86 Å². The molecule has 2 aliphatic heterocycles. The molecule has 4 heteroatoms. The predicted octanol–water partition coefficient (Wildman–Crippen LogP) is 19.3. The first kappa shape index (κ1) is 61.6. The van der Waals surface area contributed by atoms with Crippen LogP contribution < -0.4 is 32.8 Å². The van der Waals surface area contributed by atoms with Crippen LogP contribution in [0.2, 0.25) is 0 Å². The number of rotatable bonds is 4. The van der Waals surface area contributed by atoms with Gasteiger partial charge >= 0.3 is 0 Å². The van der Waals surface area contributed by atoms with Gasteiger partial charge in [-0.2, -0.15) is 0 Å². The van der Waals surface area contributed by atoms with E-state index in [1.165, 1.54) is 155 Å². The van der Waals surface area contributed by atoms with Crippen molar-refractivity contribution in [3.8, 4) is 33.6 Å². The van der Waals surface area contributed by atoms with Gasteiger partial charge in [0.2, 0.25) is 13.4 Å². The van der Waals surface area contributed by atoms with E-state index >= 15 is 0 Å². The van der Waals surface area contributed by atoms with Gasteiger partial charge in [0.1, 0.15) is 0 Å². The first-order valence-electron chi connectivity index (χ1n) is 33.6. The van der Waals surface area contributed by atoms with Crippen molar-refractivity contribution < 1.29 is 0 Å². The van der Waals surface area contributed by atoms with E-state index in [-0.39, 0.29) is 56.7 Å². The summed E-state index contributed by atoms with van der Waals surface area (Å²) in [4.78, 5) is 0. The molecule has 0 spiro atoms. The maximum Gasteiger partial charge on any atom is 0.247 e. The zero-order chi connectivity index (χ0) is 64.9. The van der Waals surface area contributed by atoms with E-state index in [1.807, 2.05) is 0 Å². The summed E-state index contributed by atoms with van der Waals surface area (Å²) in [5.74, 6) is 0. The largest absolute Gasteiger partial charge is 0.310 e. The molecule has 9 aromatic carbocycles. The molecule has 0 saturated heterocycles. The second-order valence-corrected chi connectivity index (χ2v) is 35.6. The molecule has 0 N–H and O–H groups in total. The number of fused-ring (bicyclic) bond motifs is 10. The molecule has 2 aliphatic rings. The van der Waals surface area contributed by atoms with Crippen molar-refractivity contribution in [2.75, 3.05) is 0 Å². The van der Waals surface area contributed by atoms with Crippen LogP contribution in [-0.4, -0.2) is 22.6 Å². The second-order valence-electron chi connectivity index (χ2n) is 35.6. The van der Waals surface area contributed by atoms with Crippen LogP contribution in [0.3, 0.4) is 0 Å². The first-order chi connectivity index (χ1) is 41.7. The van der Waals surface area contributed by atoms with E-state index in [2.05, 4.69) is 333 Å². The lowest BCUT2D eigenvalue weighted by molar-refractivity contribution is 0.552. The van der Waals surface area contributed by atoms with Gasteiger partial charge in [-0.1, -0.05) is 286 Å². The summed E-state index contributed by atoms with van der Waals surface area (Å²) in [5, 5.41) is 5.24. The Balaban J connectivity index is 1.30. The number of nitrogens with zero attached hydrogens (tertiary/aromatic N) is 2. The second kappa shape index (κ2) is 20.1. The number of benzene rings is 9. The Morgan fingerprint density at radius 3 is 0.978 bits per heavy atom. The van der Waals surface area contributed by atoms with Crippen molar-refractivity contribution in [3.63, 3.8) is 0 Å². The van der Waals surface area contributed by atoms with E-state index in [1.54, 1.807) is 0 Å². The fourth-order valence-corrected chi connectivity index (χ4v) is 15.5. The van der Waals surface area contributed by atoms with E-state index < -0.39 is 0 Å². The molecule has 458 valence electrons. The molecule has 0 unspecified atom stereocenters. The van der Waals surface area contributed by atoms with E-state index in [9.17, 15) is 0 Å². The van der Waals surface area contributed by atoms with Crippen LogP contribution in [0.25, 0.3) is 77.2 Å². The van der Waals surface area contributed by atoms with Crippen LogP contribution >= 0.6 is 0 Å². The Kier molecular flexibility index (Phi) is 13.8. The molecular weight excluding hydrogens is 1080 g/mol. The SMILES string of the molecule is CC(C)(C)c1cc(C(C)(C)C)c(B2c3cc4c(cc3-n3c5ccc(C(C)(C)C)cc5c5cc(-c6ccccc6)cc2c53)B(c2c(C(C)(C)C)cc(C(C)(C)C)cc2C(C)(C)C)c2cc(C(C)(C)C)cc3c5cc(-c6ccccc6)ccc5n-4c23)c(C(C)(C)C)c1. The van der Waals surface area contributed by atoms with Gasteiger partial charge in [0.05, 0.1) is 11.0 Å². The highest BCUT2D eigenvalue weighted by Gasteiger charge is 2.46. The Morgan fingerprint density at radius 2 is 0.578 bits per heavy atom. The molecule has 2 aromatic heterocycles. The number of hydrogen-bond acceptors (Lipinski definition) is 0. The van der Waals surface area contributed by atoms with E-state index in [0.29, 0.717) is 0 Å². The fourth-order valence-electron chi connectivity index (χ4n) is 15.5. The summed E-state index contributed by atoms with van der Waals surface area (Å²) in [5.41, 5.74) is 31.1. The maximum absolute atomic E-state index is 2.75. The van der Waals surface area contributed by atoms with Gasteiger partial charge in [-0.05, 0) is 180 Å². The Hall–Kier alpha value is -7.29. The van der Waals surface area contributed by atoms with Crippen molar-refractivity contribution in [2.45, 2.75) is 209 Å². The van der Waals surface area contributed by atoms with Gasteiger partial charge in [0.15, 0.2) is 0 Å². The molecule has 11 aromatic rings. The molecule has 0 fully saturated rings. The Bertz CT molecular complexity index is 4680. The van der Waals surface area contributed by atoms with Crippen LogP contribution in [0.4, 0.5) is 0 Å². The van der Waals surface area contributed by atoms with Crippen molar-refractivity contribution in [2.24, 2.45) is 0 Å². The quantitative estimate of drug-likeness (QED) is 0.155. The average molecular weight is 1180 g/mol. The van der Waals surface area contributed by atoms with Gasteiger partial charge < -0.3 is 9.13 Å². The molecule has 90 heavy (non-hydrogen) atoms. The molecule has 13 rings (SSSR count). The highest BCUT2D eigenvalue weighted by molar-refractivity contribution is 7.00. The lowest BCUT2D eigenvalue weighted by Gasteiger charge is -2.40. The van der Waals surface area contributed by atoms with Crippen LogP contribution in [0.15, 0.2) is 158 Å². The highest BCUT2D eigenvalue weighted by Crippen LogP contribution is 2.45. The van der Waals surface area contributed by atoms with Crippen LogP contribution in [0.1, 0.15) is 211 Å². The van der Waals surface area contributed by atoms with Crippen molar-refractivity contribution >= 4 is 89.8 Å².